The molecule has 0 saturated carbocycles. The van der Waals surface area contributed by atoms with Gasteiger partial charge in [-0.25, -0.2) is 9.67 Å². The van der Waals surface area contributed by atoms with Gasteiger partial charge in [-0.1, -0.05) is 13.8 Å². The number of carbonyl (C=O) groups is 1. The zero-order valence-electron chi connectivity index (χ0n) is 11.6. The van der Waals surface area contributed by atoms with Crippen molar-refractivity contribution in [2.45, 2.75) is 46.8 Å². The Morgan fingerprint density at radius 1 is 1.44 bits per heavy atom. The van der Waals surface area contributed by atoms with Gasteiger partial charge in [0.25, 0.3) is 0 Å². The Labute approximate surface area is 108 Å². The van der Waals surface area contributed by atoms with Crippen molar-refractivity contribution in [2.24, 2.45) is 5.92 Å². The van der Waals surface area contributed by atoms with Crippen LogP contribution in [-0.2, 0) is 17.9 Å². The molecule has 0 aromatic carbocycles. The molecule has 0 spiro atoms. The van der Waals surface area contributed by atoms with E-state index in [1.54, 1.807) is 6.33 Å². The largest absolute Gasteiger partial charge is 0.355 e. The fraction of sp³-hybridized carbons (Fsp3) is 0.750. The average molecular weight is 253 g/mol. The molecule has 1 unspecified atom stereocenters. The van der Waals surface area contributed by atoms with Crippen LogP contribution in [0.15, 0.2) is 6.33 Å². The summed E-state index contributed by atoms with van der Waals surface area (Å²) in [7, 11) is 0. The molecule has 6 nitrogen and oxygen atoms in total. The van der Waals surface area contributed by atoms with Crippen LogP contribution in [0.4, 0.5) is 0 Å². The lowest BCUT2D eigenvalue weighted by Gasteiger charge is -2.14. The number of nitrogens with zero attached hydrogens (tertiary/aromatic N) is 3. The van der Waals surface area contributed by atoms with E-state index in [1.807, 2.05) is 18.5 Å². The maximum absolute atomic E-state index is 11.5. The van der Waals surface area contributed by atoms with E-state index in [4.69, 9.17) is 0 Å². The van der Waals surface area contributed by atoms with Crippen LogP contribution < -0.4 is 10.6 Å². The van der Waals surface area contributed by atoms with Gasteiger partial charge in [-0.2, -0.15) is 5.10 Å². The summed E-state index contributed by atoms with van der Waals surface area (Å²) < 4.78 is 1.88. The predicted molar refractivity (Wildman–Crippen MR) is 69.8 cm³/mol. The van der Waals surface area contributed by atoms with E-state index in [9.17, 15) is 4.79 Å². The van der Waals surface area contributed by atoms with Crippen LogP contribution in [0, 0.1) is 5.92 Å². The van der Waals surface area contributed by atoms with Gasteiger partial charge in [0.2, 0.25) is 5.91 Å². The van der Waals surface area contributed by atoms with E-state index < -0.39 is 0 Å². The second-order valence-electron chi connectivity index (χ2n) is 4.75. The quantitative estimate of drug-likeness (QED) is 0.744. The smallest absolute Gasteiger partial charge is 0.236 e. The third kappa shape index (κ3) is 4.44. The van der Waals surface area contributed by atoms with E-state index in [0.717, 1.165) is 12.4 Å². The molecule has 0 saturated heterocycles. The molecule has 102 valence electrons. The van der Waals surface area contributed by atoms with Gasteiger partial charge in [0, 0.05) is 13.1 Å². The first-order valence-corrected chi connectivity index (χ1v) is 6.42. The van der Waals surface area contributed by atoms with Gasteiger partial charge in [0.05, 0.1) is 12.6 Å². The van der Waals surface area contributed by atoms with Crippen molar-refractivity contribution in [3.05, 3.63) is 12.2 Å². The van der Waals surface area contributed by atoms with Crippen molar-refractivity contribution >= 4 is 5.91 Å². The third-order valence-corrected chi connectivity index (χ3v) is 2.54. The molecule has 1 amide bonds. The molecule has 0 aliphatic rings. The van der Waals surface area contributed by atoms with E-state index in [1.165, 1.54) is 0 Å². The Bertz CT molecular complexity index is 374. The minimum absolute atomic E-state index is 0.00687. The van der Waals surface area contributed by atoms with Gasteiger partial charge >= 0.3 is 0 Å². The Kier molecular flexibility index (Phi) is 5.77. The molecule has 0 aliphatic carbocycles. The molecule has 18 heavy (non-hydrogen) atoms. The van der Waals surface area contributed by atoms with Gasteiger partial charge < -0.3 is 5.32 Å². The predicted octanol–water partition coefficient (Wildman–Crippen LogP) is 0.548. The number of amides is 1. The molecule has 1 aromatic heterocycles. The number of aromatic nitrogens is 3. The lowest BCUT2D eigenvalue weighted by Crippen LogP contribution is -2.42. The molecule has 1 atom stereocenters. The SMILES string of the molecule is CCNC(=O)C(C)NCc1ncnn1CC(C)C. The first-order chi connectivity index (χ1) is 8.54. The van der Waals surface area contributed by atoms with Crippen molar-refractivity contribution in [2.75, 3.05) is 6.54 Å². The fourth-order valence-electron chi connectivity index (χ4n) is 1.59. The van der Waals surface area contributed by atoms with Crippen LogP contribution in [0.2, 0.25) is 0 Å². The van der Waals surface area contributed by atoms with Crippen LogP contribution >= 0.6 is 0 Å². The topological polar surface area (TPSA) is 71.8 Å². The lowest BCUT2D eigenvalue weighted by atomic mass is 10.2. The molecule has 2 N–H and O–H groups in total. The van der Waals surface area contributed by atoms with Gasteiger partial charge in [-0.05, 0) is 19.8 Å². The minimum Gasteiger partial charge on any atom is -0.355 e. The number of nitrogens with one attached hydrogen (secondary N) is 2. The number of likely N-dealkylation sites (N-methyl/N-ethyl adjacent to an activating group) is 1. The van der Waals surface area contributed by atoms with Crippen LogP contribution in [0.1, 0.15) is 33.5 Å². The maximum atomic E-state index is 11.5. The van der Waals surface area contributed by atoms with Crippen LogP contribution in [-0.4, -0.2) is 33.3 Å². The van der Waals surface area contributed by atoms with Crippen molar-refractivity contribution in [1.29, 1.82) is 0 Å². The second-order valence-corrected chi connectivity index (χ2v) is 4.75. The molecule has 0 radical (unpaired) electrons. The monoisotopic (exact) mass is 253 g/mol. The summed E-state index contributed by atoms with van der Waals surface area (Å²) >= 11 is 0. The van der Waals surface area contributed by atoms with Crippen LogP contribution in [0.5, 0.6) is 0 Å². The highest BCUT2D eigenvalue weighted by Crippen LogP contribution is 2.01. The Morgan fingerprint density at radius 3 is 2.78 bits per heavy atom. The molecule has 1 rings (SSSR count). The highest BCUT2D eigenvalue weighted by molar-refractivity contribution is 5.81. The van der Waals surface area contributed by atoms with E-state index in [2.05, 4.69) is 34.6 Å². The average Bonchev–Trinajstić information content (AvgIpc) is 2.72. The number of rotatable bonds is 7. The first kappa shape index (κ1) is 14.6. The number of hydrogen-bond acceptors (Lipinski definition) is 4. The van der Waals surface area contributed by atoms with Crippen molar-refractivity contribution in [3.8, 4) is 0 Å². The van der Waals surface area contributed by atoms with E-state index >= 15 is 0 Å². The fourth-order valence-corrected chi connectivity index (χ4v) is 1.59. The Balaban J connectivity index is 2.48. The Hall–Kier alpha value is -1.43. The third-order valence-electron chi connectivity index (χ3n) is 2.54. The normalized spacial score (nSPS) is 12.7. The second kappa shape index (κ2) is 7.10. The molecule has 0 aliphatic heterocycles. The molecule has 1 heterocycles. The zero-order valence-corrected chi connectivity index (χ0v) is 11.6. The summed E-state index contributed by atoms with van der Waals surface area (Å²) in [5.74, 6) is 1.39. The van der Waals surface area contributed by atoms with Crippen molar-refractivity contribution in [1.82, 2.24) is 25.4 Å². The standard InChI is InChI=1S/C12H23N5O/c1-5-13-12(18)10(4)14-6-11-15-8-16-17(11)7-9(2)3/h8-10,14H,5-7H2,1-4H3,(H,13,18). The number of hydrogen-bond donors (Lipinski definition) is 2. The van der Waals surface area contributed by atoms with Crippen molar-refractivity contribution in [3.63, 3.8) is 0 Å². The molecule has 0 bridgehead atoms. The maximum Gasteiger partial charge on any atom is 0.236 e. The molecular weight excluding hydrogens is 230 g/mol. The molecular formula is C12H23N5O. The molecule has 6 heteroatoms. The highest BCUT2D eigenvalue weighted by Gasteiger charge is 2.13. The first-order valence-electron chi connectivity index (χ1n) is 6.42. The van der Waals surface area contributed by atoms with Gasteiger partial charge in [0.15, 0.2) is 0 Å². The summed E-state index contributed by atoms with van der Waals surface area (Å²) in [6.45, 7) is 10.1. The number of carbonyl (C=O) groups excluding carboxylic acids is 1. The molecule has 1 aromatic rings. The Morgan fingerprint density at radius 2 is 2.17 bits per heavy atom. The van der Waals surface area contributed by atoms with Crippen molar-refractivity contribution < 1.29 is 4.79 Å². The van der Waals surface area contributed by atoms with Gasteiger partial charge in [-0.15, -0.1) is 0 Å². The summed E-state index contributed by atoms with van der Waals surface area (Å²) in [6, 6.07) is -0.228. The highest BCUT2D eigenvalue weighted by atomic mass is 16.2. The summed E-state index contributed by atoms with van der Waals surface area (Å²) in [6.07, 6.45) is 1.55. The summed E-state index contributed by atoms with van der Waals surface area (Å²) in [5, 5.41) is 10.1. The van der Waals surface area contributed by atoms with E-state index in [-0.39, 0.29) is 11.9 Å². The summed E-state index contributed by atoms with van der Waals surface area (Å²) in [5.41, 5.74) is 0. The van der Waals surface area contributed by atoms with E-state index in [0.29, 0.717) is 19.0 Å². The molecule has 0 fully saturated rings. The van der Waals surface area contributed by atoms with Gasteiger partial charge in [-0.3, -0.25) is 10.1 Å². The summed E-state index contributed by atoms with van der Waals surface area (Å²) in [4.78, 5) is 15.8. The van der Waals surface area contributed by atoms with Crippen LogP contribution in [0.25, 0.3) is 0 Å². The van der Waals surface area contributed by atoms with Gasteiger partial charge in [0.1, 0.15) is 12.2 Å². The minimum atomic E-state index is -0.228. The van der Waals surface area contributed by atoms with Crippen LogP contribution in [0.3, 0.4) is 0 Å². The zero-order chi connectivity index (χ0) is 13.5. The lowest BCUT2D eigenvalue weighted by molar-refractivity contribution is -0.122.